The van der Waals surface area contributed by atoms with E-state index in [1.165, 1.54) is 27.7 Å². The van der Waals surface area contributed by atoms with E-state index in [-0.39, 0.29) is 26.3 Å². The molecule has 0 rings (SSSR count). The molecule has 0 radical (unpaired) electrons. The Kier molecular flexibility index (Phi) is 16.4. The van der Waals surface area contributed by atoms with Crippen molar-refractivity contribution in [1.29, 1.82) is 0 Å². The van der Waals surface area contributed by atoms with Crippen LogP contribution in [0.5, 0.6) is 0 Å². The summed E-state index contributed by atoms with van der Waals surface area (Å²) in [5.74, 6) is -4.84. The molecule has 0 aliphatic carbocycles. The molecule has 0 bridgehead atoms. The molecule has 4 N–H and O–H groups in total. The van der Waals surface area contributed by atoms with Gasteiger partial charge in [0.15, 0.2) is 24.4 Å². The van der Waals surface area contributed by atoms with Crippen molar-refractivity contribution in [1.82, 2.24) is 0 Å². The van der Waals surface area contributed by atoms with E-state index in [4.69, 9.17) is 39.9 Å². The van der Waals surface area contributed by atoms with Gasteiger partial charge in [0.05, 0.1) is 26.3 Å². The third kappa shape index (κ3) is 14.2. The van der Waals surface area contributed by atoms with Crippen molar-refractivity contribution in [2.75, 3.05) is 26.3 Å². The van der Waals surface area contributed by atoms with E-state index in [0.717, 1.165) is 0 Å². The molecule has 0 aromatic carbocycles. The van der Waals surface area contributed by atoms with Gasteiger partial charge in [0.1, 0.15) is 0 Å². The smallest absolute Gasteiger partial charge is 0.347 e. The first kappa shape index (κ1) is 32.7. The van der Waals surface area contributed by atoms with Crippen LogP contribution < -0.4 is 11.5 Å². The van der Waals surface area contributed by atoms with E-state index in [0.29, 0.717) is 25.7 Å². The predicted octanol–water partition coefficient (Wildman–Crippen LogP) is -0.723. The number of hydrogen-bond donors (Lipinski definition) is 2. The van der Waals surface area contributed by atoms with Crippen molar-refractivity contribution in [2.24, 2.45) is 11.5 Å². The average molecular weight is 521 g/mol. The van der Waals surface area contributed by atoms with Gasteiger partial charge in [0.2, 0.25) is 0 Å². The van der Waals surface area contributed by atoms with Crippen LogP contribution in [-0.2, 0) is 57.2 Å². The number of hydrogen-bond acceptors (Lipinski definition) is 14. The topological polar surface area (TPSA) is 210 Å². The molecule has 0 amide bonds. The van der Waals surface area contributed by atoms with Crippen LogP contribution in [-0.4, -0.2) is 86.5 Å². The Morgan fingerprint density at radius 1 is 0.500 bits per heavy atom. The minimum atomic E-state index is -1.20. The Bertz CT molecular complexity index is 695. The Morgan fingerprint density at radius 3 is 1.11 bits per heavy atom. The van der Waals surface area contributed by atoms with Crippen molar-refractivity contribution in [3.63, 3.8) is 0 Å². The summed E-state index contributed by atoms with van der Waals surface area (Å²) in [5.41, 5.74) is 10.2. The summed E-state index contributed by atoms with van der Waals surface area (Å²) in [6, 6.07) is 0. The van der Waals surface area contributed by atoms with Crippen molar-refractivity contribution in [3.8, 4) is 0 Å². The molecule has 4 atom stereocenters. The highest BCUT2D eigenvalue weighted by molar-refractivity contribution is 5.83. The van der Waals surface area contributed by atoms with Gasteiger partial charge in [-0.1, -0.05) is 0 Å². The van der Waals surface area contributed by atoms with E-state index >= 15 is 0 Å². The van der Waals surface area contributed by atoms with Crippen molar-refractivity contribution in [2.45, 2.75) is 77.8 Å². The molecule has 0 heterocycles. The highest BCUT2D eigenvalue weighted by atomic mass is 16.6. The quantitative estimate of drug-likeness (QED) is 0.138. The first-order valence-corrected chi connectivity index (χ1v) is 11.5. The number of carbonyl (C=O) groups is 6. The summed E-state index contributed by atoms with van der Waals surface area (Å²) in [6.45, 7) is 4.66. The predicted molar refractivity (Wildman–Crippen MR) is 121 cm³/mol. The van der Waals surface area contributed by atoms with Gasteiger partial charge in [-0.2, -0.15) is 0 Å². The maximum atomic E-state index is 11.9. The molecule has 4 unspecified atom stereocenters. The van der Waals surface area contributed by atoms with Crippen molar-refractivity contribution < 1.29 is 57.2 Å². The second kappa shape index (κ2) is 18.1. The summed E-state index contributed by atoms with van der Waals surface area (Å²) in [7, 11) is 0. The Hall–Kier alpha value is -3.26. The first-order valence-electron chi connectivity index (χ1n) is 11.5. The van der Waals surface area contributed by atoms with Gasteiger partial charge in [-0.25, -0.2) is 19.2 Å². The van der Waals surface area contributed by atoms with Crippen LogP contribution in [0.15, 0.2) is 0 Å². The molecular weight excluding hydrogens is 484 g/mol. The zero-order valence-electron chi connectivity index (χ0n) is 21.0. The third-order valence-electron chi connectivity index (χ3n) is 4.39. The molecule has 14 nitrogen and oxygen atoms in total. The Balaban J connectivity index is 3.97. The fraction of sp³-hybridized carbons (Fsp3) is 0.727. The molecule has 36 heavy (non-hydrogen) atoms. The fourth-order valence-electron chi connectivity index (χ4n) is 2.36. The van der Waals surface area contributed by atoms with E-state index in [9.17, 15) is 28.8 Å². The molecule has 0 spiro atoms. The summed E-state index contributed by atoms with van der Waals surface area (Å²) in [6.07, 6.45) is -2.38. The van der Waals surface area contributed by atoms with Gasteiger partial charge >= 0.3 is 35.8 Å². The molecule has 0 aliphatic rings. The number of ether oxygens (including phenoxy) is 6. The summed E-state index contributed by atoms with van der Waals surface area (Å²) >= 11 is 0. The summed E-state index contributed by atoms with van der Waals surface area (Å²) in [5, 5.41) is 0. The lowest BCUT2D eigenvalue weighted by molar-refractivity contribution is -0.176. The van der Waals surface area contributed by atoms with Gasteiger partial charge in [0, 0.05) is 0 Å². The molecule has 206 valence electrons. The Morgan fingerprint density at radius 2 is 0.806 bits per heavy atom. The molecule has 0 fully saturated rings. The standard InChI is InChI=1S/C22H36N2O12/c1-13(35-21(29)15(3)33-17(25)11-23)19(27)31-9-7-5-6-8-10-32-20(28)14(2)36-22(30)16(4)34-18(26)12-24/h13-16H,5-12,23-24H2,1-4H3. The first-order chi connectivity index (χ1) is 16.9. The molecule has 0 saturated carbocycles. The molecule has 0 aromatic heterocycles. The summed E-state index contributed by atoms with van der Waals surface area (Å²) in [4.78, 5) is 69.5. The van der Waals surface area contributed by atoms with Crippen LogP contribution in [0.1, 0.15) is 53.4 Å². The van der Waals surface area contributed by atoms with Crippen LogP contribution in [0.3, 0.4) is 0 Å². The van der Waals surface area contributed by atoms with Crippen LogP contribution in [0.2, 0.25) is 0 Å². The highest BCUT2D eigenvalue weighted by Gasteiger charge is 2.26. The minimum Gasteiger partial charge on any atom is -0.463 e. The minimum absolute atomic E-state index is 0.0954. The zero-order valence-corrected chi connectivity index (χ0v) is 21.0. The number of carbonyl (C=O) groups excluding carboxylic acids is 6. The lowest BCUT2D eigenvalue weighted by Crippen LogP contribution is -2.34. The second-order valence-electron chi connectivity index (χ2n) is 7.58. The summed E-state index contributed by atoms with van der Waals surface area (Å²) < 4.78 is 29.2. The average Bonchev–Trinajstić information content (AvgIpc) is 2.84. The van der Waals surface area contributed by atoms with Crippen molar-refractivity contribution in [3.05, 3.63) is 0 Å². The molecule has 0 aliphatic heterocycles. The largest absolute Gasteiger partial charge is 0.463 e. The van der Waals surface area contributed by atoms with E-state index in [1.54, 1.807) is 0 Å². The Labute approximate surface area is 209 Å². The van der Waals surface area contributed by atoms with Gasteiger partial charge in [-0.05, 0) is 53.4 Å². The van der Waals surface area contributed by atoms with Crippen LogP contribution >= 0.6 is 0 Å². The highest BCUT2D eigenvalue weighted by Crippen LogP contribution is 2.06. The third-order valence-corrected chi connectivity index (χ3v) is 4.39. The molecule has 0 saturated heterocycles. The lowest BCUT2D eigenvalue weighted by Gasteiger charge is -2.16. The molecular formula is C22H36N2O12. The molecule has 14 heteroatoms. The van der Waals surface area contributed by atoms with Crippen molar-refractivity contribution >= 4 is 35.8 Å². The van der Waals surface area contributed by atoms with Gasteiger partial charge < -0.3 is 39.9 Å². The van der Waals surface area contributed by atoms with E-state index in [1.807, 2.05) is 0 Å². The fourth-order valence-corrected chi connectivity index (χ4v) is 2.36. The maximum Gasteiger partial charge on any atom is 0.347 e. The zero-order chi connectivity index (χ0) is 27.7. The van der Waals surface area contributed by atoms with Crippen LogP contribution in [0, 0.1) is 0 Å². The number of nitrogens with two attached hydrogens (primary N) is 2. The number of esters is 6. The van der Waals surface area contributed by atoms with E-state index in [2.05, 4.69) is 0 Å². The monoisotopic (exact) mass is 520 g/mol. The van der Waals surface area contributed by atoms with Gasteiger partial charge in [-0.15, -0.1) is 0 Å². The normalized spacial score (nSPS) is 13.8. The lowest BCUT2D eigenvalue weighted by atomic mass is 10.2. The van der Waals surface area contributed by atoms with E-state index < -0.39 is 60.2 Å². The van der Waals surface area contributed by atoms with Crippen LogP contribution in [0.25, 0.3) is 0 Å². The number of unbranched alkanes of at least 4 members (excludes halogenated alkanes) is 3. The van der Waals surface area contributed by atoms with Gasteiger partial charge in [-0.3, -0.25) is 9.59 Å². The van der Waals surface area contributed by atoms with Gasteiger partial charge in [0.25, 0.3) is 0 Å². The maximum absolute atomic E-state index is 11.9. The number of rotatable bonds is 17. The van der Waals surface area contributed by atoms with Crippen LogP contribution in [0.4, 0.5) is 0 Å². The molecule has 0 aromatic rings. The second-order valence-corrected chi connectivity index (χ2v) is 7.58. The SMILES string of the molecule is CC(OC(=O)CN)C(=O)OC(C)C(=O)OCCCCCCOC(=O)C(C)OC(=O)C(C)OC(=O)CN.